The molecule has 4 aromatic rings. The van der Waals surface area contributed by atoms with E-state index < -0.39 is 0 Å². The van der Waals surface area contributed by atoms with Gasteiger partial charge in [0, 0.05) is 20.9 Å². The molecule has 5 rings (SSSR count). The van der Waals surface area contributed by atoms with Crippen LogP contribution in [-0.4, -0.2) is 0 Å². The van der Waals surface area contributed by atoms with Gasteiger partial charge < -0.3 is 0 Å². The molecule has 24 heavy (non-hydrogen) atoms. The smallest absolute Gasteiger partial charge is 0.0301 e. The van der Waals surface area contributed by atoms with Crippen LogP contribution in [-0.2, 0) is 0 Å². The average Bonchev–Trinajstić information content (AvgIpc) is 2.61. The van der Waals surface area contributed by atoms with Gasteiger partial charge >= 0.3 is 0 Å². The van der Waals surface area contributed by atoms with E-state index in [0.29, 0.717) is 0 Å². The second-order valence-electron chi connectivity index (χ2n) is 6.40. The molecule has 0 amide bonds. The fourth-order valence-electron chi connectivity index (χ4n) is 3.73. The summed E-state index contributed by atoms with van der Waals surface area (Å²) in [5.41, 5.74) is 5.59. The summed E-state index contributed by atoms with van der Waals surface area (Å²) >= 11 is 0. The van der Waals surface area contributed by atoms with E-state index >= 15 is 0 Å². The Kier molecular flexibility index (Phi) is 3.19. The molecule has 1 aliphatic rings. The van der Waals surface area contributed by atoms with Crippen LogP contribution in [0.5, 0.6) is 0 Å². The van der Waals surface area contributed by atoms with Crippen molar-refractivity contribution in [2.75, 3.05) is 0 Å². The fraction of sp³-hybridized carbons (Fsp3) is 0.0909. The van der Waals surface area contributed by atoms with Crippen LogP contribution in [0, 0.1) is 13.8 Å². The van der Waals surface area contributed by atoms with Gasteiger partial charge in [-0.05, 0) is 46.5 Å². The van der Waals surface area contributed by atoms with Crippen molar-refractivity contribution in [1.82, 2.24) is 0 Å². The third kappa shape index (κ3) is 1.96. The van der Waals surface area contributed by atoms with Crippen LogP contribution in [0.3, 0.4) is 0 Å². The normalized spacial score (nSPS) is 13.1. The fourth-order valence-corrected chi connectivity index (χ4v) is 6.66. The van der Waals surface area contributed by atoms with Gasteiger partial charge in [-0.3, -0.25) is 0 Å². The van der Waals surface area contributed by atoms with Gasteiger partial charge in [0.1, 0.15) is 0 Å². The van der Waals surface area contributed by atoms with Crippen LogP contribution in [0.4, 0.5) is 0 Å². The summed E-state index contributed by atoms with van der Waals surface area (Å²) in [6.45, 7) is 4.48. The maximum atomic E-state index is 2.32. The minimum Gasteiger partial charge on any atom is -0.0616 e. The molecule has 0 bridgehead atoms. The highest BCUT2D eigenvalue weighted by Crippen LogP contribution is 2.57. The SMILES string of the molecule is Cc1cc2ccccc2c2c1SSc1c(C)cc3ccccc3c1-2. The Morgan fingerprint density at radius 1 is 0.583 bits per heavy atom. The summed E-state index contributed by atoms with van der Waals surface area (Å²) in [6, 6.07) is 22.2. The summed E-state index contributed by atoms with van der Waals surface area (Å²) < 4.78 is 0. The molecule has 0 radical (unpaired) electrons. The lowest BCUT2D eigenvalue weighted by molar-refractivity contribution is 1.28. The number of aryl methyl sites for hydroxylation is 2. The van der Waals surface area contributed by atoms with E-state index in [-0.39, 0.29) is 0 Å². The van der Waals surface area contributed by atoms with E-state index in [1.807, 2.05) is 21.6 Å². The number of rotatable bonds is 0. The first-order valence-electron chi connectivity index (χ1n) is 8.13. The van der Waals surface area contributed by atoms with Gasteiger partial charge in [0.15, 0.2) is 0 Å². The van der Waals surface area contributed by atoms with Crippen LogP contribution in [0.2, 0.25) is 0 Å². The van der Waals surface area contributed by atoms with Crippen molar-refractivity contribution in [3.05, 3.63) is 71.8 Å². The third-order valence-electron chi connectivity index (χ3n) is 4.83. The first kappa shape index (κ1) is 14.4. The molecule has 0 aromatic heterocycles. The number of fused-ring (bicyclic) bond motifs is 7. The lowest BCUT2D eigenvalue weighted by atomic mass is 9.91. The number of hydrogen-bond acceptors (Lipinski definition) is 2. The zero-order valence-electron chi connectivity index (χ0n) is 13.6. The van der Waals surface area contributed by atoms with Crippen molar-refractivity contribution in [3.8, 4) is 11.1 Å². The molecule has 116 valence electrons. The highest BCUT2D eigenvalue weighted by molar-refractivity contribution is 8.76. The molecule has 1 heterocycles. The van der Waals surface area contributed by atoms with Gasteiger partial charge in [-0.2, -0.15) is 0 Å². The Bertz CT molecular complexity index is 1030. The zero-order chi connectivity index (χ0) is 16.3. The maximum Gasteiger partial charge on any atom is 0.0301 e. The summed E-state index contributed by atoms with van der Waals surface area (Å²) in [5.74, 6) is 0. The van der Waals surface area contributed by atoms with E-state index in [0.717, 1.165) is 0 Å². The Morgan fingerprint density at radius 2 is 1.00 bits per heavy atom. The van der Waals surface area contributed by atoms with E-state index in [2.05, 4.69) is 74.5 Å². The third-order valence-corrected chi connectivity index (χ3v) is 7.55. The first-order valence-corrected chi connectivity index (χ1v) is 10.3. The van der Waals surface area contributed by atoms with Gasteiger partial charge in [0.25, 0.3) is 0 Å². The molecule has 4 aromatic carbocycles. The van der Waals surface area contributed by atoms with Crippen LogP contribution < -0.4 is 0 Å². The minimum atomic E-state index is 1.33. The topological polar surface area (TPSA) is 0 Å². The Balaban J connectivity index is 2.04. The molecule has 0 nitrogen and oxygen atoms in total. The second kappa shape index (κ2) is 5.30. The highest BCUT2D eigenvalue weighted by Gasteiger charge is 2.25. The quantitative estimate of drug-likeness (QED) is 0.305. The summed E-state index contributed by atoms with van der Waals surface area (Å²) in [6.07, 6.45) is 0. The molecular weight excluding hydrogens is 328 g/mol. The maximum absolute atomic E-state index is 2.32. The van der Waals surface area contributed by atoms with Gasteiger partial charge in [0.2, 0.25) is 0 Å². The Hall–Kier alpha value is -1.90. The van der Waals surface area contributed by atoms with E-state index in [9.17, 15) is 0 Å². The molecule has 1 aliphatic heterocycles. The monoisotopic (exact) mass is 344 g/mol. The van der Waals surface area contributed by atoms with Gasteiger partial charge in [0.05, 0.1) is 0 Å². The van der Waals surface area contributed by atoms with Crippen LogP contribution in [0.15, 0.2) is 70.5 Å². The van der Waals surface area contributed by atoms with Crippen molar-refractivity contribution in [1.29, 1.82) is 0 Å². The molecule has 0 saturated heterocycles. The van der Waals surface area contributed by atoms with Crippen LogP contribution >= 0.6 is 21.6 Å². The summed E-state index contributed by atoms with van der Waals surface area (Å²) in [7, 11) is 3.82. The summed E-state index contributed by atoms with van der Waals surface area (Å²) in [4.78, 5) is 2.84. The van der Waals surface area contributed by atoms with Crippen molar-refractivity contribution < 1.29 is 0 Å². The molecule has 0 fully saturated rings. The number of hydrogen-bond donors (Lipinski definition) is 0. The standard InChI is InChI=1S/C22H16S2/c1-13-11-15-7-3-5-9-17(15)19-20-18-10-6-4-8-16(18)12-14(2)22(20)24-23-21(13)19/h3-12H,1-2H3. The number of benzene rings is 4. The van der Waals surface area contributed by atoms with Crippen LogP contribution in [0.1, 0.15) is 11.1 Å². The van der Waals surface area contributed by atoms with E-state index in [1.54, 1.807) is 0 Å². The predicted molar refractivity (Wildman–Crippen MR) is 108 cm³/mol. The first-order chi connectivity index (χ1) is 11.7. The molecule has 0 N–H and O–H groups in total. The molecule has 0 unspecified atom stereocenters. The molecule has 0 aliphatic carbocycles. The Morgan fingerprint density at radius 3 is 1.46 bits per heavy atom. The van der Waals surface area contributed by atoms with Gasteiger partial charge in [-0.15, -0.1) is 0 Å². The highest BCUT2D eigenvalue weighted by atomic mass is 33.1. The molecule has 2 heteroatoms. The van der Waals surface area contributed by atoms with Crippen molar-refractivity contribution >= 4 is 43.1 Å². The second-order valence-corrected chi connectivity index (χ2v) is 8.55. The summed E-state index contributed by atoms with van der Waals surface area (Å²) in [5, 5.41) is 5.39. The molecule has 0 atom stereocenters. The average molecular weight is 345 g/mol. The molecule has 0 spiro atoms. The van der Waals surface area contributed by atoms with Crippen molar-refractivity contribution in [3.63, 3.8) is 0 Å². The van der Waals surface area contributed by atoms with E-state index in [4.69, 9.17) is 0 Å². The van der Waals surface area contributed by atoms with Crippen molar-refractivity contribution in [2.24, 2.45) is 0 Å². The van der Waals surface area contributed by atoms with Crippen molar-refractivity contribution in [2.45, 2.75) is 23.6 Å². The predicted octanol–water partition coefficient (Wildman–Crippen LogP) is 7.39. The lowest BCUT2D eigenvalue weighted by Gasteiger charge is -2.25. The van der Waals surface area contributed by atoms with E-state index in [1.165, 1.54) is 53.6 Å². The zero-order valence-corrected chi connectivity index (χ0v) is 15.2. The molecular formula is C22H16S2. The van der Waals surface area contributed by atoms with Gasteiger partial charge in [-0.1, -0.05) is 82.3 Å². The minimum absolute atomic E-state index is 1.33. The Labute approximate surface area is 149 Å². The molecule has 0 saturated carbocycles. The van der Waals surface area contributed by atoms with Gasteiger partial charge in [-0.25, -0.2) is 0 Å². The van der Waals surface area contributed by atoms with Crippen LogP contribution in [0.25, 0.3) is 32.7 Å². The lowest BCUT2D eigenvalue weighted by Crippen LogP contribution is -1.97. The largest absolute Gasteiger partial charge is 0.0616 e.